The van der Waals surface area contributed by atoms with Crippen molar-refractivity contribution in [3.05, 3.63) is 41.5 Å². The Bertz CT molecular complexity index is 779. The van der Waals surface area contributed by atoms with Crippen LogP contribution in [0.5, 0.6) is 5.75 Å². The summed E-state index contributed by atoms with van der Waals surface area (Å²) in [5.41, 5.74) is 2.22. The maximum absolute atomic E-state index is 12.0. The van der Waals surface area contributed by atoms with Crippen LogP contribution in [-0.2, 0) is 13.0 Å². The average molecular weight is 326 g/mol. The van der Waals surface area contributed by atoms with Gasteiger partial charge in [0.25, 0.3) is 5.82 Å². The zero-order chi connectivity index (χ0) is 16.9. The number of para-hydroxylation sites is 1. The van der Waals surface area contributed by atoms with E-state index in [1.807, 2.05) is 31.2 Å². The molecule has 1 aromatic carbocycles. The van der Waals surface area contributed by atoms with Crippen LogP contribution in [0.15, 0.2) is 24.5 Å². The average Bonchev–Trinajstić information content (AvgIpc) is 3.03. The molecule has 0 saturated carbocycles. The highest BCUT2D eigenvalue weighted by molar-refractivity contribution is 5.74. The van der Waals surface area contributed by atoms with Gasteiger partial charge < -0.3 is 15.4 Å². The number of nitriles is 1. The molecule has 2 aromatic rings. The molecule has 0 radical (unpaired) electrons. The lowest BCUT2D eigenvalue weighted by molar-refractivity contribution is 0.213. The van der Waals surface area contributed by atoms with Crippen LogP contribution in [-0.4, -0.2) is 40.0 Å². The molecule has 1 aromatic heterocycles. The highest BCUT2D eigenvalue weighted by Crippen LogP contribution is 2.28. The number of ether oxygens (including phenoxy) is 1. The number of carbonyl (C=O) groups excluding carboxylic acids is 1. The summed E-state index contributed by atoms with van der Waals surface area (Å²) < 4.78 is 7.28. The second-order valence-corrected chi connectivity index (χ2v) is 5.62. The number of rotatable bonds is 4. The Morgan fingerprint density at radius 1 is 1.54 bits per heavy atom. The van der Waals surface area contributed by atoms with Gasteiger partial charge in [0.1, 0.15) is 24.8 Å². The standard InChI is InChI=1S/C16H18N6O2/c1-11-3-2-4-12-7-13(9-24-15(11)12)20-16(23)18-5-6-22-10-19-14(8-17)21-22/h2-4,10,13H,5-7,9H2,1H3,(H2,18,20,23). The predicted octanol–water partition coefficient (Wildman–Crippen LogP) is 0.761. The van der Waals surface area contributed by atoms with E-state index in [0.29, 0.717) is 19.7 Å². The number of hydrogen-bond donors (Lipinski definition) is 2. The Morgan fingerprint density at radius 2 is 2.42 bits per heavy atom. The molecule has 1 atom stereocenters. The molecule has 2 N–H and O–H groups in total. The molecule has 0 fully saturated rings. The maximum Gasteiger partial charge on any atom is 0.315 e. The lowest BCUT2D eigenvalue weighted by atomic mass is 10.0. The van der Waals surface area contributed by atoms with Gasteiger partial charge in [-0.1, -0.05) is 18.2 Å². The summed E-state index contributed by atoms with van der Waals surface area (Å²) in [6, 6.07) is 7.58. The third-order valence-corrected chi connectivity index (χ3v) is 3.79. The fourth-order valence-electron chi connectivity index (χ4n) is 2.66. The smallest absolute Gasteiger partial charge is 0.315 e. The number of aryl methyl sites for hydroxylation is 1. The Hall–Kier alpha value is -3.08. The number of urea groups is 1. The van der Waals surface area contributed by atoms with E-state index in [-0.39, 0.29) is 17.9 Å². The van der Waals surface area contributed by atoms with Crippen LogP contribution in [0.1, 0.15) is 17.0 Å². The van der Waals surface area contributed by atoms with Gasteiger partial charge in [0.2, 0.25) is 0 Å². The van der Waals surface area contributed by atoms with Crippen LogP contribution in [0.25, 0.3) is 0 Å². The zero-order valence-corrected chi connectivity index (χ0v) is 13.3. The third-order valence-electron chi connectivity index (χ3n) is 3.79. The van der Waals surface area contributed by atoms with Crippen LogP contribution in [0.4, 0.5) is 4.79 Å². The van der Waals surface area contributed by atoms with Crippen molar-refractivity contribution in [2.45, 2.75) is 25.9 Å². The van der Waals surface area contributed by atoms with Crippen molar-refractivity contribution in [2.24, 2.45) is 0 Å². The number of benzene rings is 1. The van der Waals surface area contributed by atoms with Crippen LogP contribution in [0, 0.1) is 18.3 Å². The van der Waals surface area contributed by atoms with Crippen molar-refractivity contribution in [3.8, 4) is 11.8 Å². The van der Waals surface area contributed by atoms with Gasteiger partial charge >= 0.3 is 6.03 Å². The Labute approximate surface area is 139 Å². The molecule has 1 aliphatic rings. The van der Waals surface area contributed by atoms with Gasteiger partial charge in [0, 0.05) is 6.54 Å². The summed E-state index contributed by atoms with van der Waals surface area (Å²) in [4.78, 5) is 15.8. The van der Waals surface area contributed by atoms with E-state index in [1.54, 1.807) is 0 Å². The first kappa shape index (κ1) is 15.8. The molecule has 8 nitrogen and oxygen atoms in total. The maximum atomic E-state index is 12.0. The molecule has 0 saturated heterocycles. The van der Waals surface area contributed by atoms with Gasteiger partial charge in [-0.15, -0.1) is 5.10 Å². The van der Waals surface area contributed by atoms with Gasteiger partial charge in [-0.2, -0.15) is 5.26 Å². The molecule has 2 amide bonds. The molecule has 3 rings (SSSR count). The topological polar surface area (TPSA) is 105 Å². The third kappa shape index (κ3) is 3.63. The van der Waals surface area contributed by atoms with Crippen molar-refractivity contribution in [3.63, 3.8) is 0 Å². The Kier molecular flexibility index (Phi) is 4.61. The molecule has 0 aliphatic carbocycles. The molecule has 8 heteroatoms. The lowest BCUT2D eigenvalue weighted by Gasteiger charge is -2.27. The Balaban J connectivity index is 1.45. The summed E-state index contributed by atoms with van der Waals surface area (Å²) in [5.74, 6) is 1.04. The summed E-state index contributed by atoms with van der Waals surface area (Å²) in [5, 5.41) is 18.3. The molecular weight excluding hydrogens is 308 g/mol. The fourth-order valence-corrected chi connectivity index (χ4v) is 2.66. The number of carbonyl (C=O) groups is 1. The minimum atomic E-state index is -0.250. The van der Waals surface area contributed by atoms with Crippen molar-refractivity contribution >= 4 is 6.03 Å². The lowest BCUT2D eigenvalue weighted by Crippen LogP contribution is -2.47. The number of hydrogen-bond acceptors (Lipinski definition) is 5. The van der Waals surface area contributed by atoms with Gasteiger partial charge in [-0.25, -0.2) is 14.5 Å². The van der Waals surface area contributed by atoms with E-state index >= 15 is 0 Å². The van der Waals surface area contributed by atoms with Gasteiger partial charge in [-0.05, 0) is 24.5 Å². The quantitative estimate of drug-likeness (QED) is 0.863. The zero-order valence-electron chi connectivity index (χ0n) is 13.3. The minimum absolute atomic E-state index is 0.0594. The van der Waals surface area contributed by atoms with Crippen LogP contribution >= 0.6 is 0 Å². The van der Waals surface area contributed by atoms with E-state index in [1.165, 1.54) is 11.0 Å². The highest BCUT2D eigenvalue weighted by atomic mass is 16.5. The number of nitrogens with one attached hydrogen (secondary N) is 2. The first-order valence-electron chi connectivity index (χ1n) is 7.71. The largest absolute Gasteiger partial charge is 0.491 e. The fraction of sp³-hybridized carbons (Fsp3) is 0.375. The molecule has 0 bridgehead atoms. The highest BCUT2D eigenvalue weighted by Gasteiger charge is 2.22. The number of nitrogens with zero attached hydrogens (tertiary/aromatic N) is 4. The van der Waals surface area contributed by atoms with Gasteiger partial charge in [0.15, 0.2) is 0 Å². The summed E-state index contributed by atoms with van der Waals surface area (Å²) >= 11 is 0. The first-order valence-corrected chi connectivity index (χ1v) is 7.71. The Morgan fingerprint density at radius 3 is 3.21 bits per heavy atom. The van der Waals surface area contributed by atoms with Crippen LogP contribution in [0.3, 0.4) is 0 Å². The van der Waals surface area contributed by atoms with Crippen molar-refractivity contribution in [2.75, 3.05) is 13.2 Å². The second kappa shape index (κ2) is 7.00. The molecule has 1 unspecified atom stereocenters. The van der Waals surface area contributed by atoms with Crippen molar-refractivity contribution in [1.29, 1.82) is 5.26 Å². The monoisotopic (exact) mass is 326 g/mol. The van der Waals surface area contributed by atoms with Crippen molar-refractivity contribution < 1.29 is 9.53 Å². The number of fused-ring (bicyclic) bond motifs is 1. The van der Waals surface area contributed by atoms with E-state index in [2.05, 4.69) is 20.7 Å². The van der Waals surface area contributed by atoms with Crippen LogP contribution < -0.4 is 15.4 Å². The minimum Gasteiger partial charge on any atom is -0.491 e. The molecular formula is C16H18N6O2. The number of aromatic nitrogens is 3. The van der Waals surface area contributed by atoms with E-state index in [0.717, 1.165) is 23.3 Å². The van der Waals surface area contributed by atoms with Crippen LogP contribution in [0.2, 0.25) is 0 Å². The molecule has 124 valence electrons. The number of amides is 2. The van der Waals surface area contributed by atoms with Crippen molar-refractivity contribution in [1.82, 2.24) is 25.4 Å². The molecule has 2 heterocycles. The molecule has 1 aliphatic heterocycles. The summed E-state index contributed by atoms with van der Waals surface area (Å²) in [6.45, 7) is 3.32. The van der Waals surface area contributed by atoms with Gasteiger partial charge in [-0.3, -0.25) is 0 Å². The summed E-state index contributed by atoms with van der Waals surface area (Å²) in [6.07, 6.45) is 2.21. The normalized spacial score (nSPS) is 15.8. The van der Waals surface area contributed by atoms with E-state index in [4.69, 9.17) is 10.00 Å². The SMILES string of the molecule is Cc1cccc2c1OCC(NC(=O)NCCn1cnc(C#N)n1)C2. The van der Waals surface area contributed by atoms with E-state index in [9.17, 15) is 4.79 Å². The molecule has 0 spiro atoms. The van der Waals surface area contributed by atoms with Gasteiger partial charge in [0.05, 0.1) is 12.6 Å². The summed E-state index contributed by atoms with van der Waals surface area (Å²) in [7, 11) is 0. The van der Waals surface area contributed by atoms with E-state index < -0.39 is 0 Å². The first-order chi connectivity index (χ1) is 11.7. The predicted molar refractivity (Wildman–Crippen MR) is 85.4 cm³/mol. The second-order valence-electron chi connectivity index (χ2n) is 5.62. The molecule has 24 heavy (non-hydrogen) atoms.